The summed E-state index contributed by atoms with van der Waals surface area (Å²) in [5, 5.41) is 6.63. The Morgan fingerprint density at radius 3 is 2.34 bits per heavy atom. The zero-order chi connectivity index (χ0) is 19.9. The molecule has 3 rings (SSSR count). The molecule has 1 unspecified atom stereocenters. The topological polar surface area (TPSA) is 73.3 Å². The van der Waals surface area contributed by atoms with Crippen molar-refractivity contribution < 1.29 is 18.9 Å². The molecule has 2 aromatic rings. The summed E-state index contributed by atoms with van der Waals surface area (Å²) in [6, 6.07) is 12.0. The average molecular weight is 513 g/mol. The molecular formula is C21H28IN3O4. The number of hydrogen-bond acceptors (Lipinski definition) is 5. The van der Waals surface area contributed by atoms with Crippen molar-refractivity contribution in [3.8, 4) is 23.0 Å². The van der Waals surface area contributed by atoms with Gasteiger partial charge in [0, 0.05) is 20.0 Å². The molecule has 1 aliphatic rings. The summed E-state index contributed by atoms with van der Waals surface area (Å²) in [6.45, 7) is 1.23. The lowest BCUT2D eigenvalue weighted by atomic mass is 10.1. The van der Waals surface area contributed by atoms with Gasteiger partial charge in [-0.1, -0.05) is 18.2 Å². The molecule has 1 heterocycles. The summed E-state index contributed by atoms with van der Waals surface area (Å²) < 4.78 is 22.1. The van der Waals surface area contributed by atoms with E-state index in [9.17, 15) is 0 Å². The minimum atomic E-state index is 0. The van der Waals surface area contributed by atoms with Gasteiger partial charge >= 0.3 is 0 Å². The maximum atomic E-state index is 5.96. The van der Waals surface area contributed by atoms with Crippen molar-refractivity contribution in [3.05, 3.63) is 47.5 Å². The van der Waals surface area contributed by atoms with Crippen LogP contribution >= 0.6 is 24.0 Å². The number of nitrogens with zero attached hydrogens (tertiary/aromatic N) is 1. The van der Waals surface area contributed by atoms with E-state index < -0.39 is 0 Å². The monoisotopic (exact) mass is 513 g/mol. The molecule has 0 saturated carbocycles. The van der Waals surface area contributed by atoms with Crippen LogP contribution in [0.15, 0.2) is 41.4 Å². The molecule has 0 bridgehead atoms. The Hall–Kier alpha value is -2.36. The Bertz CT molecular complexity index is 794. The molecule has 0 amide bonds. The van der Waals surface area contributed by atoms with Gasteiger partial charge in [0.25, 0.3) is 0 Å². The summed E-state index contributed by atoms with van der Waals surface area (Å²) in [5.74, 6) is 3.50. The van der Waals surface area contributed by atoms with Crippen molar-refractivity contribution in [1.82, 2.24) is 10.6 Å². The van der Waals surface area contributed by atoms with Gasteiger partial charge in [0.2, 0.25) is 5.75 Å². The largest absolute Gasteiger partial charge is 0.493 e. The highest BCUT2D eigenvalue weighted by Gasteiger charge is 2.22. The number of rotatable bonds is 7. The molecule has 29 heavy (non-hydrogen) atoms. The molecule has 0 saturated heterocycles. The Labute approximate surface area is 188 Å². The number of aliphatic imine (C=N–C) groups is 1. The van der Waals surface area contributed by atoms with Gasteiger partial charge in [-0.05, 0) is 29.3 Å². The summed E-state index contributed by atoms with van der Waals surface area (Å²) in [7, 11) is 6.55. The fourth-order valence-corrected chi connectivity index (χ4v) is 3.22. The average Bonchev–Trinajstić information content (AvgIpc) is 3.15. The van der Waals surface area contributed by atoms with E-state index in [1.165, 1.54) is 5.56 Å². The summed E-state index contributed by atoms with van der Waals surface area (Å²) in [6.07, 6.45) is 0.990. The highest BCUT2D eigenvalue weighted by atomic mass is 127. The van der Waals surface area contributed by atoms with Crippen LogP contribution in [0.3, 0.4) is 0 Å². The molecule has 1 aliphatic heterocycles. The van der Waals surface area contributed by atoms with Gasteiger partial charge in [0.1, 0.15) is 11.9 Å². The van der Waals surface area contributed by atoms with E-state index >= 15 is 0 Å². The zero-order valence-electron chi connectivity index (χ0n) is 17.2. The van der Waals surface area contributed by atoms with Gasteiger partial charge in [0.15, 0.2) is 17.5 Å². The first-order valence-electron chi connectivity index (χ1n) is 9.16. The Morgan fingerprint density at radius 2 is 1.76 bits per heavy atom. The van der Waals surface area contributed by atoms with Crippen LogP contribution in [-0.4, -0.2) is 47.0 Å². The van der Waals surface area contributed by atoms with Gasteiger partial charge in [-0.15, -0.1) is 24.0 Å². The number of guanidine groups is 1. The van der Waals surface area contributed by atoms with Crippen molar-refractivity contribution in [2.75, 3.05) is 34.9 Å². The third-order valence-corrected chi connectivity index (χ3v) is 4.62. The second-order valence-electron chi connectivity index (χ2n) is 6.39. The smallest absolute Gasteiger partial charge is 0.203 e. The predicted molar refractivity (Wildman–Crippen MR) is 124 cm³/mol. The maximum Gasteiger partial charge on any atom is 0.203 e. The standard InChI is InChI=1S/C21H27N3O4.HI/c1-22-21(24-13-16-11-15-7-5-6-8-17(15)28-16)23-12-14-9-18(25-2)20(27-4)19(10-14)26-3;/h5-10,16H,11-13H2,1-4H3,(H2,22,23,24);1H. The third kappa shape index (κ3) is 5.59. The second kappa shape index (κ2) is 11.0. The summed E-state index contributed by atoms with van der Waals surface area (Å²) in [5.41, 5.74) is 2.23. The first-order chi connectivity index (χ1) is 13.7. The van der Waals surface area contributed by atoms with Gasteiger partial charge in [0.05, 0.1) is 27.9 Å². The molecule has 1 atom stereocenters. The molecule has 158 valence electrons. The molecule has 7 nitrogen and oxygen atoms in total. The van der Waals surface area contributed by atoms with Crippen LogP contribution in [0, 0.1) is 0 Å². The van der Waals surface area contributed by atoms with E-state index in [-0.39, 0.29) is 30.1 Å². The van der Waals surface area contributed by atoms with Crippen molar-refractivity contribution in [3.63, 3.8) is 0 Å². The first kappa shape index (κ1) is 22.9. The number of methoxy groups -OCH3 is 3. The molecule has 0 aromatic heterocycles. The van der Waals surface area contributed by atoms with Gasteiger partial charge in [-0.3, -0.25) is 4.99 Å². The fourth-order valence-electron chi connectivity index (χ4n) is 3.22. The molecule has 0 aliphatic carbocycles. The lowest BCUT2D eigenvalue weighted by Gasteiger charge is -2.17. The number of ether oxygens (including phenoxy) is 4. The van der Waals surface area contributed by atoms with Gasteiger partial charge in [-0.2, -0.15) is 0 Å². The van der Waals surface area contributed by atoms with Crippen molar-refractivity contribution in [1.29, 1.82) is 0 Å². The lowest BCUT2D eigenvalue weighted by molar-refractivity contribution is 0.235. The van der Waals surface area contributed by atoms with Crippen LogP contribution in [0.25, 0.3) is 0 Å². The normalized spacial score (nSPS) is 14.9. The minimum absolute atomic E-state index is 0. The Kier molecular flexibility index (Phi) is 8.69. The predicted octanol–water partition coefficient (Wildman–Crippen LogP) is 3.00. The van der Waals surface area contributed by atoms with E-state index in [0.29, 0.717) is 36.3 Å². The molecular weight excluding hydrogens is 485 g/mol. The number of fused-ring (bicyclic) bond motifs is 1. The van der Waals surface area contributed by atoms with Gasteiger partial charge < -0.3 is 29.6 Å². The van der Waals surface area contributed by atoms with Crippen molar-refractivity contribution in [2.24, 2.45) is 4.99 Å². The zero-order valence-corrected chi connectivity index (χ0v) is 19.5. The van der Waals surface area contributed by atoms with Crippen LogP contribution in [0.1, 0.15) is 11.1 Å². The van der Waals surface area contributed by atoms with Crippen molar-refractivity contribution in [2.45, 2.75) is 19.1 Å². The Morgan fingerprint density at radius 1 is 1.07 bits per heavy atom. The van der Waals surface area contributed by atoms with Gasteiger partial charge in [-0.25, -0.2) is 0 Å². The molecule has 0 radical (unpaired) electrons. The fraction of sp³-hybridized carbons (Fsp3) is 0.381. The number of hydrogen-bond donors (Lipinski definition) is 2. The molecule has 0 spiro atoms. The van der Waals surface area contributed by atoms with Crippen molar-refractivity contribution >= 4 is 29.9 Å². The lowest BCUT2D eigenvalue weighted by Crippen LogP contribution is -2.41. The highest BCUT2D eigenvalue weighted by molar-refractivity contribution is 14.0. The highest BCUT2D eigenvalue weighted by Crippen LogP contribution is 2.38. The van der Waals surface area contributed by atoms with E-state index in [1.54, 1.807) is 28.4 Å². The summed E-state index contributed by atoms with van der Waals surface area (Å²) in [4.78, 5) is 4.28. The summed E-state index contributed by atoms with van der Waals surface area (Å²) >= 11 is 0. The molecule has 2 N–H and O–H groups in total. The van der Waals surface area contributed by atoms with Crippen LogP contribution in [0.5, 0.6) is 23.0 Å². The van der Waals surface area contributed by atoms with Crippen LogP contribution in [-0.2, 0) is 13.0 Å². The minimum Gasteiger partial charge on any atom is -0.493 e. The van der Waals surface area contributed by atoms with E-state index in [2.05, 4.69) is 21.7 Å². The number of para-hydroxylation sites is 1. The second-order valence-corrected chi connectivity index (χ2v) is 6.39. The van der Waals surface area contributed by atoms with E-state index in [4.69, 9.17) is 18.9 Å². The number of benzene rings is 2. The molecule has 2 aromatic carbocycles. The van der Waals surface area contributed by atoms with E-state index in [1.807, 2.05) is 30.3 Å². The maximum absolute atomic E-state index is 5.96. The van der Waals surface area contributed by atoms with Crippen LogP contribution in [0.2, 0.25) is 0 Å². The molecule has 8 heteroatoms. The SMILES string of the molecule is CN=C(NCc1cc(OC)c(OC)c(OC)c1)NCC1Cc2ccccc2O1.I. The third-order valence-electron chi connectivity index (χ3n) is 4.62. The van der Waals surface area contributed by atoms with Crippen LogP contribution in [0.4, 0.5) is 0 Å². The quantitative estimate of drug-likeness (QED) is 0.337. The van der Waals surface area contributed by atoms with E-state index in [0.717, 1.165) is 17.7 Å². The first-order valence-corrected chi connectivity index (χ1v) is 9.16. The Balaban J connectivity index is 0.00000300. The number of nitrogens with one attached hydrogen (secondary N) is 2. The number of halogens is 1. The molecule has 0 fully saturated rings. The van der Waals surface area contributed by atoms with Crippen LogP contribution < -0.4 is 29.6 Å².